The lowest BCUT2D eigenvalue weighted by atomic mass is 10.2. The zero-order valence-electron chi connectivity index (χ0n) is 19.6. The van der Waals surface area contributed by atoms with E-state index >= 15 is 0 Å². The van der Waals surface area contributed by atoms with Gasteiger partial charge in [0, 0.05) is 18.8 Å². The molecule has 1 N–H and O–H groups in total. The molecule has 3 heterocycles. The van der Waals surface area contributed by atoms with Gasteiger partial charge in [-0.05, 0) is 42.3 Å². The molecule has 0 atom stereocenters. The summed E-state index contributed by atoms with van der Waals surface area (Å²) in [7, 11) is 3.08. The van der Waals surface area contributed by atoms with E-state index < -0.39 is 0 Å². The minimum atomic E-state index is -0.382. The Labute approximate surface area is 201 Å². The number of hydrogen-bond acceptors (Lipinski definition) is 5. The third-order valence-electron chi connectivity index (χ3n) is 5.89. The Kier molecular flexibility index (Phi) is 5.70. The van der Waals surface area contributed by atoms with Crippen molar-refractivity contribution in [1.82, 2.24) is 14.0 Å². The van der Waals surface area contributed by atoms with Gasteiger partial charge >= 0.3 is 0 Å². The van der Waals surface area contributed by atoms with Crippen LogP contribution in [0.2, 0.25) is 0 Å². The molecule has 2 aromatic carbocycles. The first-order valence-corrected chi connectivity index (χ1v) is 11.1. The number of pyridine rings is 1. The summed E-state index contributed by atoms with van der Waals surface area (Å²) >= 11 is 0. The molecule has 0 bridgehead atoms. The fraction of sp³-hybridized carbons (Fsp3) is 0.148. The van der Waals surface area contributed by atoms with Gasteiger partial charge in [-0.15, -0.1) is 0 Å². The summed E-state index contributed by atoms with van der Waals surface area (Å²) in [5.74, 6) is 0.687. The van der Waals surface area contributed by atoms with Gasteiger partial charge in [-0.3, -0.25) is 14.0 Å². The van der Waals surface area contributed by atoms with E-state index in [0.717, 1.165) is 11.1 Å². The second-order valence-electron chi connectivity index (χ2n) is 8.21. The van der Waals surface area contributed by atoms with Crippen molar-refractivity contribution >= 4 is 28.3 Å². The molecular weight excluding hydrogens is 444 g/mol. The van der Waals surface area contributed by atoms with Crippen LogP contribution in [0.5, 0.6) is 11.5 Å². The number of ether oxygens (including phenoxy) is 2. The minimum Gasteiger partial charge on any atom is -0.497 e. The fourth-order valence-electron chi connectivity index (χ4n) is 4.11. The zero-order valence-corrected chi connectivity index (χ0v) is 19.6. The predicted molar refractivity (Wildman–Crippen MR) is 135 cm³/mol. The van der Waals surface area contributed by atoms with E-state index in [1.807, 2.05) is 43.3 Å². The molecule has 0 radical (unpaired) electrons. The summed E-state index contributed by atoms with van der Waals surface area (Å²) in [6, 6.07) is 20.2. The number of benzene rings is 2. The van der Waals surface area contributed by atoms with Crippen molar-refractivity contribution in [1.29, 1.82) is 0 Å². The summed E-state index contributed by atoms with van der Waals surface area (Å²) < 4.78 is 14.0. The van der Waals surface area contributed by atoms with Gasteiger partial charge in [-0.25, -0.2) is 4.98 Å². The standard InChI is InChI=1S/C27H24N4O4/c1-17-9-12-24-29-25-20(27(33)31(24)15-17)14-22(30(25)16-18-7-5-4-6-8-18)26(32)28-21-11-10-19(34-2)13-23(21)35-3/h4-15H,16H2,1-3H3,(H,28,32). The highest BCUT2D eigenvalue weighted by atomic mass is 16.5. The van der Waals surface area contributed by atoms with E-state index in [1.165, 1.54) is 11.5 Å². The van der Waals surface area contributed by atoms with E-state index in [0.29, 0.717) is 46.1 Å². The number of aromatic nitrogens is 3. The van der Waals surface area contributed by atoms with Gasteiger partial charge in [0.1, 0.15) is 28.5 Å². The van der Waals surface area contributed by atoms with Crippen molar-refractivity contribution < 1.29 is 14.3 Å². The first-order chi connectivity index (χ1) is 17.0. The number of methoxy groups -OCH3 is 2. The second-order valence-corrected chi connectivity index (χ2v) is 8.21. The molecule has 8 heteroatoms. The van der Waals surface area contributed by atoms with E-state index in [2.05, 4.69) is 5.32 Å². The summed E-state index contributed by atoms with van der Waals surface area (Å²) in [6.45, 7) is 2.29. The SMILES string of the molecule is COc1ccc(NC(=O)c2cc3c(=O)n4cc(C)ccc4nc3n2Cc2ccccc2)c(OC)c1. The van der Waals surface area contributed by atoms with Crippen molar-refractivity contribution in [2.24, 2.45) is 0 Å². The maximum absolute atomic E-state index is 13.5. The quantitative estimate of drug-likeness (QED) is 0.402. The number of anilines is 1. The van der Waals surface area contributed by atoms with Gasteiger partial charge in [-0.2, -0.15) is 0 Å². The number of aryl methyl sites for hydroxylation is 1. The summed E-state index contributed by atoms with van der Waals surface area (Å²) in [4.78, 5) is 31.6. The molecule has 1 amide bonds. The van der Waals surface area contributed by atoms with Crippen LogP contribution in [0.25, 0.3) is 16.7 Å². The maximum Gasteiger partial charge on any atom is 0.272 e. The Hall–Kier alpha value is -4.59. The number of rotatable bonds is 6. The van der Waals surface area contributed by atoms with Gasteiger partial charge in [0.25, 0.3) is 11.5 Å². The number of hydrogen-bond donors (Lipinski definition) is 1. The van der Waals surface area contributed by atoms with Crippen LogP contribution in [0.1, 0.15) is 21.6 Å². The van der Waals surface area contributed by atoms with E-state index in [1.54, 1.807) is 48.2 Å². The second kappa shape index (κ2) is 8.98. The lowest BCUT2D eigenvalue weighted by Crippen LogP contribution is -2.18. The van der Waals surface area contributed by atoms with Gasteiger partial charge < -0.3 is 19.4 Å². The van der Waals surface area contributed by atoms with Crippen LogP contribution in [0.4, 0.5) is 5.69 Å². The van der Waals surface area contributed by atoms with Gasteiger partial charge in [0.15, 0.2) is 0 Å². The van der Waals surface area contributed by atoms with Crippen LogP contribution < -0.4 is 20.3 Å². The van der Waals surface area contributed by atoms with Crippen molar-refractivity contribution in [2.45, 2.75) is 13.5 Å². The Bertz CT molecular complexity index is 1620. The molecule has 35 heavy (non-hydrogen) atoms. The average Bonchev–Trinajstić information content (AvgIpc) is 3.24. The average molecular weight is 469 g/mol. The lowest BCUT2D eigenvalue weighted by molar-refractivity contribution is 0.101. The zero-order chi connectivity index (χ0) is 24.5. The fourth-order valence-corrected chi connectivity index (χ4v) is 4.11. The molecule has 0 unspecified atom stereocenters. The summed E-state index contributed by atoms with van der Waals surface area (Å²) in [5.41, 5.74) is 3.47. The van der Waals surface area contributed by atoms with Crippen LogP contribution >= 0.6 is 0 Å². The molecule has 0 saturated heterocycles. The van der Waals surface area contributed by atoms with E-state index in [9.17, 15) is 9.59 Å². The third kappa shape index (κ3) is 4.10. The number of amides is 1. The predicted octanol–water partition coefficient (Wildman–Crippen LogP) is 4.28. The van der Waals surface area contributed by atoms with E-state index in [-0.39, 0.29) is 11.5 Å². The molecule has 5 aromatic rings. The third-order valence-corrected chi connectivity index (χ3v) is 5.89. The van der Waals surface area contributed by atoms with Gasteiger partial charge in [-0.1, -0.05) is 36.4 Å². The molecule has 5 rings (SSSR count). The highest BCUT2D eigenvalue weighted by molar-refractivity contribution is 6.06. The molecular formula is C27H24N4O4. The topological polar surface area (TPSA) is 86.9 Å². The Balaban J connectivity index is 1.66. The van der Waals surface area contributed by atoms with Crippen LogP contribution in [0, 0.1) is 6.92 Å². The molecule has 0 aliphatic heterocycles. The number of carbonyl (C=O) groups excluding carboxylic acids is 1. The number of fused-ring (bicyclic) bond motifs is 2. The normalized spacial score (nSPS) is 11.1. The molecule has 0 fully saturated rings. The smallest absolute Gasteiger partial charge is 0.272 e. The maximum atomic E-state index is 13.5. The van der Waals surface area contributed by atoms with Crippen LogP contribution in [-0.4, -0.2) is 34.1 Å². The van der Waals surface area contributed by atoms with Crippen molar-refractivity contribution in [3.05, 3.63) is 100 Å². The van der Waals surface area contributed by atoms with Crippen molar-refractivity contribution in [3.63, 3.8) is 0 Å². The molecule has 176 valence electrons. The van der Waals surface area contributed by atoms with Crippen molar-refractivity contribution in [2.75, 3.05) is 19.5 Å². The Morgan fingerprint density at radius 3 is 2.54 bits per heavy atom. The largest absolute Gasteiger partial charge is 0.497 e. The number of nitrogens with one attached hydrogen (secondary N) is 1. The Morgan fingerprint density at radius 1 is 1.00 bits per heavy atom. The molecule has 0 saturated carbocycles. The molecule has 0 aliphatic rings. The molecule has 0 aliphatic carbocycles. The van der Waals surface area contributed by atoms with Crippen LogP contribution in [0.15, 0.2) is 77.7 Å². The summed E-state index contributed by atoms with van der Waals surface area (Å²) in [5, 5.41) is 3.28. The molecule has 8 nitrogen and oxygen atoms in total. The first kappa shape index (κ1) is 22.2. The highest BCUT2D eigenvalue weighted by Gasteiger charge is 2.21. The van der Waals surface area contributed by atoms with Gasteiger partial charge in [0.05, 0.1) is 25.3 Å². The monoisotopic (exact) mass is 468 g/mol. The van der Waals surface area contributed by atoms with Gasteiger partial charge in [0.2, 0.25) is 0 Å². The summed E-state index contributed by atoms with van der Waals surface area (Å²) in [6.07, 6.45) is 1.75. The highest BCUT2D eigenvalue weighted by Crippen LogP contribution is 2.30. The lowest BCUT2D eigenvalue weighted by Gasteiger charge is -2.14. The number of nitrogens with zero attached hydrogens (tertiary/aromatic N) is 3. The molecule has 0 spiro atoms. The first-order valence-electron chi connectivity index (χ1n) is 11.1. The Morgan fingerprint density at radius 2 is 1.80 bits per heavy atom. The van der Waals surface area contributed by atoms with Crippen LogP contribution in [-0.2, 0) is 6.54 Å². The van der Waals surface area contributed by atoms with Crippen molar-refractivity contribution in [3.8, 4) is 11.5 Å². The van der Waals surface area contributed by atoms with E-state index in [4.69, 9.17) is 14.5 Å². The minimum absolute atomic E-state index is 0.225. The number of carbonyl (C=O) groups is 1. The van der Waals surface area contributed by atoms with Crippen LogP contribution in [0.3, 0.4) is 0 Å². The molecule has 3 aromatic heterocycles.